The predicted octanol–water partition coefficient (Wildman–Crippen LogP) is 1.84. The van der Waals surface area contributed by atoms with Crippen molar-refractivity contribution in [2.75, 3.05) is 5.32 Å². The highest BCUT2D eigenvalue weighted by atomic mass is 16.3. The van der Waals surface area contributed by atoms with E-state index in [1.807, 2.05) is 6.07 Å². The third kappa shape index (κ3) is 3.54. The largest absolute Gasteiger partial charge is 0.508 e. The summed E-state index contributed by atoms with van der Waals surface area (Å²) in [4.78, 5) is 15.7. The van der Waals surface area contributed by atoms with Gasteiger partial charge in [-0.15, -0.1) is 0 Å². The molecule has 2 rings (SSSR count). The van der Waals surface area contributed by atoms with Crippen molar-refractivity contribution in [3.63, 3.8) is 0 Å². The highest BCUT2D eigenvalue weighted by Crippen LogP contribution is 2.12. The number of amides is 1. The van der Waals surface area contributed by atoms with E-state index in [1.54, 1.807) is 30.3 Å². The normalized spacial score (nSPS) is 9.63. The molecule has 0 unspecified atom stereocenters. The van der Waals surface area contributed by atoms with Gasteiger partial charge >= 0.3 is 0 Å². The number of aromatic hydroxyl groups is 1. The number of carbonyl (C=O) groups is 1. The Bertz CT molecular complexity index is 630. The van der Waals surface area contributed by atoms with Crippen molar-refractivity contribution in [1.82, 2.24) is 4.98 Å². The second-order valence-corrected chi connectivity index (χ2v) is 3.94. The molecule has 0 bridgehead atoms. The topological polar surface area (TPSA) is 86.0 Å². The molecule has 2 N–H and O–H groups in total. The first-order chi connectivity index (χ1) is 9.17. The van der Waals surface area contributed by atoms with Crippen LogP contribution in [0.1, 0.15) is 11.1 Å². The van der Waals surface area contributed by atoms with Crippen molar-refractivity contribution < 1.29 is 9.90 Å². The molecule has 0 fully saturated rings. The monoisotopic (exact) mass is 253 g/mol. The summed E-state index contributed by atoms with van der Waals surface area (Å²) in [5, 5.41) is 20.5. The predicted molar refractivity (Wildman–Crippen MR) is 69.4 cm³/mol. The zero-order valence-electron chi connectivity index (χ0n) is 10.00. The fourth-order valence-corrected chi connectivity index (χ4v) is 1.57. The lowest BCUT2D eigenvalue weighted by molar-refractivity contribution is -0.115. The molecule has 1 heterocycles. The highest BCUT2D eigenvalue weighted by molar-refractivity contribution is 5.91. The summed E-state index contributed by atoms with van der Waals surface area (Å²) in [5.41, 5.74) is 1.15. The lowest BCUT2D eigenvalue weighted by Gasteiger charge is -2.04. The zero-order chi connectivity index (χ0) is 13.7. The van der Waals surface area contributed by atoms with Gasteiger partial charge in [-0.2, -0.15) is 5.26 Å². The Labute approximate surface area is 110 Å². The van der Waals surface area contributed by atoms with E-state index in [4.69, 9.17) is 5.26 Å². The molecule has 94 valence electrons. The van der Waals surface area contributed by atoms with Crippen LogP contribution in [-0.2, 0) is 11.2 Å². The second-order valence-electron chi connectivity index (χ2n) is 3.94. The fraction of sp³-hybridized carbons (Fsp3) is 0.0714. The minimum Gasteiger partial charge on any atom is -0.508 e. The summed E-state index contributed by atoms with van der Waals surface area (Å²) in [6.07, 6.45) is 1.54. The minimum atomic E-state index is -0.234. The summed E-state index contributed by atoms with van der Waals surface area (Å²) in [7, 11) is 0. The molecule has 1 aromatic carbocycles. The van der Waals surface area contributed by atoms with Crippen molar-refractivity contribution >= 4 is 11.7 Å². The first-order valence-electron chi connectivity index (χ1n) is 5.61. The van der Waals surface area contributed by atoms with Crippen molar-refractivity contribution in [3.05, 3.63) is 53.7 Å². The molecular weight excluding hydrogens is 242 g/mol. The van der Waals surface area contributed by atoms with Crippen LogP contribution in [0.2, 0.25) is 0 Å². The van der Waals surface area contributed by atoms with Gasteiger partial charge in [-0.1, -0.05) is 12.1 Å². The SMILES string of the molecule is N#Cc1ccc(NC(=O)Cc2cccc(O)c2)nc1. The van der Waals surface area contributed by atoms with Gasteiger partial charge in [0.1, 0.15) is 17.6 Å². The van der Waals surface area contributed by atoms with E-state index in [2.05, 4.69) is 10.3 Å². The number of phenols is 1. The summed E-state index contributed by atoms with van der Waals surface area (Å²) in [6.45, 7) is 0. The van der Waals surface area contributed by atoms with Crippen LogP contribution in [0.5, 0.6) is 5.75 Å². The Morgan fingerprint density at radius 3 is 2.84 bits per heavy atom. The van der Waals surface area contributed by atoms with Gasteiger partial charge < -0.3 is 10.4 Å². The zero-order valence-corrected chi connectivity index (χ0v) is 10.00. The maximum absolute atomic E-state index is 11.7. The van der Waals surface area contributed by atoms with Crippen molar-refractivity contribution in [1.29, 1.82) is 5.26 Å². The number of hydrogen-bond donors (Lipinski definition) is 2. The standard InChI is InChI=1S/C14H11N3O2/c15-8-11-4-5-13(16-9-11)17-14(19)7-10-2-1-3-12(18)6-10/h1-6,9,18H,7H2,(H,16,17,19). The van der Waals surface area contributed by atoms with Gasteiger partial charge in [0.25, 0.3) is 0 Å². The Balaban J connectivity index is 1.99. The maximum atomic E-state index is 11.7. The van der Waals surface area contributed by atoms with Crippen LogP contribution in [0.25, 0.3) is 0 Å². The lowest BCUT2D eigenvalue weighted by Crippen LogP contribution is -2.15. The van der Waals surface area contributed by atoms with E-state index in [0.29, 0.717) is 16.9 Å². The summed E-state index contributed by atoms with van der Waals surface area (Å²) in [6, 6.07) is 11.6. The van der Waals surface area contributed by atoms with E-state index in [-0.39, 0.29) is 18.1 Å². The van der Waals surface area contributed by atoms with Gasteiger partial charge in [0.15, 0.2) is 0 Å². The molecule has 5 heteroatoms. The van der Waals surface area contributed by atoms with E-state index < -0.39 is 0 Å². The van der Waals surface area contributed by atoms with Gasteiger partial charge in [0.05, 0.1) is 12.0 Å². The molecule has 0 atom stereocenters. The second kappa shape index (κ2) is 5.65. The van der Waals surface area contributed by atoms with Crippen LogP contribution >= 0.6 is 0 Å². The number of carbonyl (C=O) groups excluding carboxylic acids is 1. The smallest absolute Gasteiger partial charge is 0.229 e. The van der Waals surface area contributed by atoms with Crippen LogP contribution in [-0.4, -0.2) is 16.0 Å². The van der Waals surface area contributed by atoms with Gasteiger partial charge in [-0.3, -0.25) is 4.79 Å². The lowest BCUT2D eigenvalue weighted by atomic mass is 10.1. The summed E-state index contributed by atoms with van der Waals surface area (Å²) in [5.74, 6) is 0.286. The number of pyridine rings is 1. The number of benzene rings is 1. The first-order valence-corrected chi connectivity index (χ1v) is 5.61. The number of nitriles is 1. The Hall–Kier alpha value is -2.87. The van der Waals surface area contributed by atoms with Crippen LogP contribution in [0, 0.1) is 11.3 Å². The van der Waals surface area contributed by atoms with E-state index in [9.17, 15) is 9.90 Å². The van der Waals surface area contributed by atoms with Crippen molar-refractivity contribution in [3.8, 4) is 11.8 Å². The minimum absolute atomic E-state index is 0.127. The molecule has 5 nitrogen and oxygen atoms in total. The van der Waals surface area contributed by atoms with E-state index in [0.717, 1.165) is 0 Å². The van der Waals surface area contributed by atoms with Gasteiger partial charge in [-0.05, 0) is 29.8 Å². The molecule has 19 heavy (non-hydrogen) atoms. The van der Waals surface area contributed by atoms with Crippen LogP contribution in [0.4, 0.5) is 5.82 Å². The third-order valence-corrected chi connectivity index (χ3v) is 2.44. The van der Waals surface area contributed by atoms with Crippen LogP contribution in [0.3, 0.4) is 0 Å². The molecular formula is C14H11N3O2. The molecule has 0 aliphatic heterocycles. The average Bonchev–Trinajstić information content (AvgIpc) is 2.39. The van der Waals surface area contributed by atoms with Gasteiger partial charge in [-0.25, -0.2) is 4.98 Å². The third-order valence-electron chi connectivity index (χ3n) is 2.44. The molecule has 1 amide bonds. The van der Waals surface area contributed by atoms with Gasteiger partial charge in [0, 0.05) is 6.20 Å². The molecule has 0 saturated carbocycles. The number of anilines is 1. The number of rotatable bonds is 3. The highest BCUT2D eigenvalue weighted by Gasteiger charge is 2.05. The van der Waals surface area contributed by atoms with Crippen LogP contribution < -0.4 is 5.32 Å². The summed E-state index contributed by atoms with van der Waals surface area (Å²) >= 11 is 0. The molecule has 2 aromatic rings. The molecule has 1 aromatic heterocycles. The number of nitrogens with one attached hydrogen (secondary N) is 1. The number of nitrogens with zero attached hydrogens (tertiary/aromatic N) is 2. The summed E-state index contributed by atoms with van der Waals surface area (Å²) < 4.78 is 0. The Morgan fingerprint density at radius 2 is 2.21 bits per heavy atom. The molecule has 0 aliphatic rings. The quantitative estimate of drug-likeness (QED) is 0.873. The van der Waals surface area contributed by atoms with Crippen LogP contribution in [0.15, 0.2) is 42.6 Å². The van der Waals surface area contributed by atoms with Gasteiger partial charge in [0.2, 0.25) is 5.91 Å². The first kappa shape index (κ1) is 12.6. The molecule has 0 aliphatic carbocycles. The number of phenolic OH excluding ortho intramolecular Hbond substituents is 1. The number of hydrogen-bond acceptors (Lipinski definition) is 4. The van der Waals surface area contributed by atoms with E-state index >= 15 is 0 Å². The molecule has 0 saturated heterocycles. The average molecular weight is 253 g/mol. The molecule has 0 radical (unpaired) electrons. The van der Waals surface area contributed by atoms with Crippen molar-refractivity contribution in [2.24, 2.45) is 0 Å². The van der Waals surface area contributed by atoms with E-state index in [1.165, 1.54) is 12.3 Å². The molecule has 0 spiro atoms. The Kier molecular flexibility index (Phi) is 3.74. The Morgan fingerprint density at radius 1 is 1.37 bits per heavy atom. The maximum Gasteiger partial charge on any atom is 0.229 e. The number of aromatic nitrogens is 1. The van der Waals surface area contributed by atoms with Crippen molar-refractivity contribution in [2.45, 2.75) is 6.42 Å². The fourth-order valence-electron chi connectivity index (χ4n) is 1.57.